The molecule has 5 rings (SSSR count). The predicted molar refractivity (Wildman–Crippen MR) is 162 cm³/mol. The van der Waals surface area contributed by atoms with Crippen molar-refractivity contribution < 1.29 is 19.4 Å². The number of halogens is 2. The number of rotatable bonds is 8. The molecule has 2 fully saturated rings. The van der Waals surface area contributed by atoms with Crippen molar-refractivity contribution >= 4 is 41.2 Å². The van der Waals surface area contributed by atoms with E-state index in [1.54, 1.807) is 25.4 Å². The molecule has 2 aliphatic rings. The molecule has 2 amide bonds. The van der Waals surface area contributed by atoms with Crippen LogP contribution in [0.15, 0.2) is 48.8 Å². The van der Waals surface area contributed by atoms with Crippen LogP contribution in [-0.4, -0.2) is 82.7 Å². The second-order valence-corrected chi connectivity index (χ2v) is 11.6. The Morgan fingerprint density at radius 3 is 2.17 bits per heavy atom. The standard InChI is InChI=1S/C30H34Cl2N6O4/c1-20(39)33-16-21-2-4-36(5-3-21)19-22-10-23(24-12-25(31)15-26(32)13-24)14-27(11-22)42-28-17-34-29(35-18-28)37-6-8-38(9-7-37)30(40)41/h10-15,17-18,21H,2-9,16,19H2,1H3,(H,33,39)(H,40,41). The van der Waals surface area contributed by atoms with Gasteiger partial charge in [0.05, 0.1) is 12.4 Å². The highest BCUT2D eigenvalue weighted by molar-refractivity contribution is 6.35. The highest BCUT2D eigenvalue weighted by atomic mass is 35.5. The number of hydrogen-bond acceptors (Lipinski definition) is 7. The molecule has 2 aliphatic heterocycles. The molecule has 2 N–H and O–H groups in total. The van der Waals surface area contributed by atoms with Gasteiger partial charge in [-0.3, -0.25) is 9.69 Å². The van der Waals surface area contributed by atoms with Crippen LogP contribution in [0.4, 0.5) is 10.7 Å². The summed E-state index contributed by atoms with van der Waals surface area (Å²) in [5, 5.41) is 13.2. The summed E-state index contributed by atoms with van der Waals surface area (Å²) in [6.45, 7) is 6.82. The average molecular weight is 614 g/mol. The van der Waals surface area contributed by atoms with Gasteiger partial charge in [0.25, 0.3) is 0 Å². The molecular weight excluding hydrogens is 579 g/mol. The number of anilines is 1. The molecule has 2 saturated heterocycles. The molecule has 12 heteroatoms. The van der Waals surface area contributed by atoms with Crippen LogP contribution in [0.2, 0.25) is 10.0 Å². The largest absolute Gasteiger partial charge is 0.465 e. The first-order chi connectivity index (χ1) is 20.2. The zero-order valence-electron chi connectivity index (χ0n) is 23.4. The van der Waals surface area contributed by atoms with Gasteiger partial charge in [-0.1, -0.05) is 23.2 Å². The smallest absolute Gasteiger partial charge is 0.407 e. The molecule has 0 spiro atoms. The fourth-order valence-corrected chi connectivity index (χ4v) is 5.88. The molecule has 10 nitrogen and oxygen atoms in total. The lowest BCUT2D eigenvalue weighted by Gasteiger charge is -2.33. The Bertz CT molecular complexity index is 1390. The number of piperidine rings is 1. The number of likely N-dealkylation sites (tertiary alicyclic amines) is 1. The summed E-state index contributed by atoms with van der Waals surface area (Å²) in [5.74, 6) is 2.19. The minimum absolute atomic E-state index is 0.0153. The van der Waals surface area contributed by atoms with Crippen LogP contribution in [0.5, 0.6) is 11.5 Å². The SMILES string of the molecule is CC(=O)NCC1CCN(Cc2cc(Oc3cnc(N4CCN(C(=O)O)CC4)nc3)cc(-c3cc(Cl)cc(Cl)c3)c2)CC1. The Morgan fingerprint density at radius 2 is 1.55 bits per heavy atom. The Hall–Kier alpha value is -3.60. The fraction of sp³-hybridized carbons (Fsp3) is 0.400. The van der Waals surface area contributed by atoms with Crippen LogP contribution in [0, 0.1) is 5.92 Å². The summed E-state index contributed by atoms with van der Waals surface area (Å²) in [4.78, 5) is 37.2. The van der Waals surface area contributed by atoms with Gasteiger partial charge in [-0.25, -0.2) is 14.8 Å². The Kier molecular flexibility index (Phi) is 9.66. The Balaban J connectivity index is 1.31. The number of benzene rings is 2. The van der Waals surface area contributed by atoms with Crippen molar-refractivity contribution in [1.29, 1.82) is 0 Å². The van der Waals surface area contributed by atoms with E-state index in [9.17, 15) is 14.7 Å². The minimum Gasteiger partial charge on any atom is -0.465 e. The highest BCUT2D eigenvalue weighted by Crippen LogP contribution is 2.33. The third-order valence-electron chi connectivity index (χ3n) is 7.60. The van der Waals surface area contributed by atoms with Crippen LogP contribution >= 0.6 is 23.2 Å². The summed E-state index contributed by atoms with van der Waals surface area (Å²) >= 11 is 12.6. The number of nitrogens with zero attached hydrogens (tertiary/aromatic N) is 5. The summed E-state index contributed by atoms with van der Waals surface area (Å²) in [7, 11) is 0. The van der Waals surface area contributed by atoms with Crippen LogP contribution in [0.1, 0.15) is 25.3 Å². The van der Waals surface area contributed by atoms with Gasteiger partial charge in [-0.05, 0) is 84.9 Å². The lowest BCUT2D eigenvalue weighted by atomic mass is 9.96. The summed E-state index contributed by atoms with van der Waals surface area (Å²) in [6.07, 6.45) is 4.42. The molecule has 1 aromatic heterocycles. The average Bonchev–Trinajstić information content (AvgIpc) is 2.96. The van der Waals surface area contributed by atoms with E-state index in [4.69, 9.17) is 27.9 Å². The molecule has 222 valence electrons. The molecule has 3 heterocycles. The lowest BCUT2D eigenvalue weighted by Crippen LogP contribution is -2.48. The van der Waals surface area contributed by atoms with Crippen LogP contribution in [0.25, 0.3) is 11.1 Å². The van der Waals surface area contributed by atoms with Crippen molar-refractivity contribution in [2.24, 2.45) is 5.92 Å². The van der Waals surface area contributed by atoms with E-state index in [1.165, 1.54) is 4.90 Å². The van der Waals surface area contributed by atoms with E-state index >= 15 is 0 Å². The molecule has 3 aromatic rings. The highest BCUT2D eigenvalue weighted by Gasteiger charge is 2.22. The van der Waals surface area contributed by atoms with E-state index < -0.39 is 6.09 Å². The lowest BCUT2D eigenvalue weighted by molar-refractivity contribution is -0.119. The van der Waals surface area contributed by atoms with Gasteiger partial charge >= 0.3 is 6.09 Å². The quantitative estimate of drug-likeness (QED) is 0.348. The summed E-state index contributed by atoms with van der Waals surface area (Å²) in [6, 6.07) is 11.6. The third kappa shape index (κ3) is 8.02. The number of carbonyl (C=O) groups excluding carboxylic acids is 1. The third-order valence-corrected chi connectivity index (χ3v) is 8.03. The predicted octanol–water partition coefficient (Wildman–Crippen LogP) is 5.39. The molecule has 0 radical (unpaired) electrons. The molecular formula is C30H34Cl2N6O4. The number of amides is 2. The van der Waals surface area contributed by atoms with Crippen LogP contribution < -0.4 is 15.0 Å². The number of carboxylic acid groups (broad SMARTS) is 1. The number of nitrogens with one attached hydrogen (secondary N) is 1. The summed E-state index contributed by atoms with van der Waals surface area (Å²) in [5.41, 5.74) is 2.91. The van der Waals surface area contributed by atoms with E-state index in [1.807, 2.05) is 29.2 Å². The molecule has 0 aliphatic carbocycles. The van der Waals surface area contributed by atoms with Crippen LogP contribution in [-0.2, 0) is 11.3 Å². The Morgan fingerprint density at radius 1 is 0.905 bits per heavy atom. The van der Waals surface area contributed by atoms with Gasteiger partial charge < -0.3 is 25.0 Å². The second-order valence-electron chi connectivity index (χ2n) is 10.8. The molecule has 0 bridgehead atoms. The second kappa shape index (κ2) is 13.6. The maximum absolute atomic E-state index is 11.3. The summed E-state index contributed by atoms with van der Waals surface area (Å²) < 4.78 is 6.24. The van der Waals surface area contributed by atoms with Gasteiger partial charge in [0, 0.05) is 56.2 Å². The van der Waals surface area contributed by atoms with Crippen molar-refractivity contribution in [3.63, 3.8) is 0 Å². The number of hydrogen-bond donors (Lipinski definition) is 2. The van der Waals surface area contributed by atoms with Crippen molar-refractivity contribution in [3.05, 3.63) is 64.4 Å². The maximum Gasteiger partial charge on any atom is 0.407 e. The first-order valence-electron chi connectivity index (χ1n) is 14.0. The number of carbonyl (C=O) groups is 2. The van der Waals surface area contributed by atoms with Crippen molar-refractivity contribution in [3.8, 4) is 22.6 Å². The van der Waals surface area contributed by atoms with E-state index in [0.717, 1.165) is 55.7 Å². The molecule has 42 heavy (non-hydrogen) atoms. The number of piperazine rings is 1. The van der Waals surface area contributed by atoms with Gasteiger partial charge in [0.15, 0.2) is 5.75 Å². The number of aromatic nitrogens is 2. The topological polar surface area (TPSA) is 111 Å². The van der Waals surface area contributed by atoms with Gasteiger partial charge in [0.1, 0.15) is 5.75 Å². The molecule has 2 aromatic carbocycles. The van der Waals surface area contributed by atoms with Crippen LogP contribution in [0.3, 0.4) is 0 Å². The van der Waals surface area contributed by atoms with Gasteiger partial charge in [0.2, 0.25) is 11.9 Å². The first-order valence-corrected chi connectivity index (χ1v) is 14.8. The zero-order valence-corrected chi connectivity index (χ0v) is 24.9. The first kappa shape index (κ1) is 29.9. The maximum atomic E-state index is 11.3. The fourth-order valence-electron chi connectivity index (χ4n) is 5.35. The van der Waals surface area contributed by atoms with Crippen molar-refractivity contribution in [2.45, 2.75) is 26.3 Å². The zero-order chi connectivity index (χ0) is 29.6. The van der Waals surface area contributed by atoms with Gasteiger partial charge in [-0.15, -0.1) is 0 Å². The Labute approximate surface area is 255 Å². The van der Waals surface area contributed by atoms with Gasteiger partial charge in [-0.2, -0.15) is 0 Å². The molecule has 0 unspecified atom stereocenters. The van der Waals surface area contributed by atoms with Crippen molar-refractivity contribution in [2.75, 3.05) is 50.7 Å². The molecule has 0 saturated carbocycles. The normalized spacial score (nSPS) is 16.4. The van der Waals surface area contributed by atoms with E-state index in [-0.39, 0.29) is 5.91 Å². The molecule has 0 atom stereocenters. The van der Waals surface area contributed by atoms with Crippen molar-refractivity contribution in [1.82, 2.24) is 25.1 Å². The van der Waals surface area contributed by atoms with E-state index in [2.05, 4.69) is 26.3 Å². The number of ether oxygens (including phenoxy) is 1. The minimum atomic E-state index is -0.910. The van der Waals surface area contributed by atoms with E-state index in [0.29, 0.717) is 59.6 Å². The monoisotopic (exact) mass is 612 g/mol.